The average Bonchev–Trinajstić information content (AvgIpc) is 2.87. The summed E-state index contributed by atoms with van der Waals surface area (Å²) in [4.78, 5) is 35.8. The Morgan fingerprint density at radius 1 is 1.43 bits per heavy atom. The van der Waals surface area contributed by atoms with Crippen LogP contribution in [-0.2, 0) is 22.1 Å². The van der Waals surface area contributed by atoms with E-state index < -0.39 is 29.2 Å². The zero-order valence-corrected chi connectivity index (χ0v) is 13.8. The minimum atomic E-state index is -1.41. The molecule has 0 aliphatic carbocycles. The monoisotopic (exact) mass is 323 g/mol. The number of alkyl carbamates (subject to hydrolysis) is 1. The number of hydrogen-bond donors (Lipinski definition) is 3. The highest BCUT2D eigenvalue weighted by molar-refractivity contribution is 6.07. The molecule has 1 unspecified atom stereocenters. The third kappa shape index (κ3) is 3.27. The van der Waals surface area contributed by atoms with Crippen LogP contribution in [0.2, 0.25) is 0 Å². The second-order valence-corrected chi connectivity index (χ2v) is 6.44. The summed E-state index contributed by atoms with van der Waals surface area (Å²) in [6.45, 7) is 6.83. The van der Waals surface area contributed by atoms with E-state index >= 15 is 0 Å². The first kappa shape index (κ1) is 16.8. The number of amides is 4. The maximum absolute atomic E-state index is 12.3. The molecule has 0 radical (unpaired) electrons. The predicted octanol–water partition coefficient (Wildman–Crippen LogP) is 0.288. The van der Waals surface area contributed by atoms with Crippen molar-refractivity contribution >= 4 is 18.0 Å². The predicted molar refractivity (Wildman–Crippen MR) is 80.5 cm³/mol. The summed E-state index contributed by atoms with van der Waals surface area (Å²) < 4.78 is 6.75. The summed E-state index contributed by atoms with van der Waals surface area (Å²) >= 11 is 0. The number of carbonyl (C=O) groups is 3. The maximum Gasteiger partial charge on any atom is 0.407 e. The number of aryl methyl sites for hydroxylation is 1. The van der Waals surface area contributed by atoms with Crippen LogP contribution in [0, 0.1) is 6.92 Å². The second-order valence-electron chi connectivity index (χ2n) is 6.44. The normalized spacial score (nSPS) is 20.9. The van der Waals surface area contributed by atoms with Crippen molar-refractivity contribution in [1.82, 2.24) is 25.7 Å². The molecule has 1 aliphatic heterocycles. The van der Waals surface area contributed by atoms with Crippen molar-refractivity contribution in [3.05, 3.63) is 17.5 Å². The van der Waals surface area contributed by atoms with Gasteiger partial charge >= 0.3 is 12.1 Å². The number of imide groups is 1. The fraction of sp³-hybridized carbons (Fsp3) is 0.571. The zero-order chi connectivity index (χ0) is 17.4. The summed E-state index contributed by atoms with van der Waals surface area (Å²) in [6.07, 6.45) is 0.824. The first-order chi connectivity index (χ1) is 10.5. The zero-order valence-electron chi connectivity index (χ0n) is 13.8. The molecule has 126 valence electrons. The number of hydrogen-bond acceptors (Lipinski definition) is 5. The van der Waals surface area contributed by atoms with Crippen LogP contribution in [0.1, 0.15) is 32.0 Å². The van der Waals surface area contributed by atoms with Crippen LogP contribution >= 0.6 is 0 Å². The Kier molecular flexibility index (Phi) is 4.06. The highest BCUT2D eigenvalue weighted by Gasteiger charge is 2.50. The van der Waals surface area contributed by atoms with Crippen LogP contribution in [0.15, 0.2) is 6.20 Å². The van der Waals surface area contributed by atoms with Gasteiger partial charge in [-0.05, 0) is 27.7 Å². The van der Waals surface area contributed by atoms with E-state index in [4.69, 9.17) is 4.74 Å². The van der Waals surface area contributed by atoms with E-state index in [2.05, 4.69) is 21.0 Å². The van der Waals surface area contributed by atoms with Crippen molar-refractivity contribution < 1.29 is 19.1 Å². The van der Waals surface area contributed by atoms with E-state index in [0.717, 1.165) is 0 Å². The molecule has 1 saturated heterocycles. The largest absolute Gasteiger partial charge is 0.444 e. The number of urea groups is 1. The smallest absolute Gasteiger partial charge is 0.407 e. The van der Waals surface area contributed by atoms with Gasteiger partial charge in [0.2, 0.25) is 0 Å². The molecule has 1 fully saturated rings. The van der Waals surface area contributed by atoms with Crippen molar-refractivity contribution in [3.63, 3.8) is 0 Å². The topological polar surface area (TPSA) is 114 Å². The molecule has 9 heteroatoms. The van der Waals surface area contributed by atoms with Crippen LogP contribution in [-0.4, -0.2) is 40.0 Å². The van der Waals surface area contributed by atoms with Gasteiger partial charge in [-0.15, -0.1) is 0 Å². The van der Waals surface area contributed by atoms with Gasteiger partial charge in [-0.3, -0.25) is 14.8 Å². The maximum atomic E-state index is 12.3. The standard InChI is InChI=1S/C14H21N5O4/c1-8-9(6-16-19(8)5)14(10(20)17-11(21)18-14)7-15-12(22)23-13(2,3)4/h6H,7H2,1-5H3,(H,15,22)(H2,17,18,20,21). The molecule has 0 spiro atoms. The summed E-state index contributed by atoms with van der Waals surface area (Å²) in [5, 5.41) is 11.4. The molecule has 0 bridgehead atoms. The molecular weight excluding hydrogens is 302 g/mol. The first-order valence-corrected chi connectivity index (χ1v) is 7.15. The van der Waals surface area contributed by atoms with Gasteiger partial charge in [0.15, 0.2) is 5.54 Å². The summed E-state index contributed by atoms with van der Waals surface area (Å²) in [5.74, 6) is -0.547. The van der Waals surface area contributed by atoms with Crippen LogP contribution in [0.4, 0.5) is 9.59 Å². The highest BCUT2D eigenvalue weighted by Crippen LogP contribution is 2.27. The lowest BCUT2D eigenvalue weighted by atomic mass is 9.90. The molecule has 1 aliphatic rings. The van der Waals surface area contributed by atoms with Crippen LogP contribution in [0.3, 0.4) is 0 Å². The molecule has 0 saturated carbocycles. The molecule has 1 aromatic rings. The molecule has 4 amide bonds. The van der Waals surface area contributed by atoms with Crippen LogP contribution in [0.25, 0.3) is 0 Å². The molecule has 3 N–H and O–H groups in total. The van der Waals surface area contributed by atoms with Gasteiger partial charge in [-0.1, -0.05) is 0 Å². The van der Waals surface area contributed by atoms with Crippen LogP contribution < -0.4 is 16.0 Å². The van der Waals surface area contributed by atoms with Gasteiger partial charge in [0, 0.05) is 18.3 Å². The minimum Gasteiger partial charge on any atom is -0.444 e. The molecule has 1 atom stereocenters. The van der Waals surface area contributed by atoms with Crippen molar-refractivity contribution in [2.24, 2.45) is 7.05 Å². The van der Waals surface area contributed by atoms with Crippen molar-refractivity contribution in [3.8, 4) is 0 Å². The molecule has 2 rings (SSSR count). The Morgan fingerprint density at radius 3 is 2.52 bits per heavy atom. The SMILES string of the molecule is Cc1c(C2(CNC(=O)OC(C)(C)C)NC(=O)NC2=O)cnn1C. The lowest BCUT2D eigenvalue weighted by molar-refractivity contribution is -0.124. The van der Waals surface area contributed by atoms with Crippen molar-refractivity contribution in [1.29, 1.82) is 0 Å². The van der Waals surface area contributed by atoms with Gasteiger partial charge in [-0.25, -0.2) is 9.59 Å². The molecule has 1 aromatic heterocycles. The second kappa shape index (κ2) is 5.56. The van der Waals surface area contributed by atoms with Gasteiger partial charge in [0.25, 0.3) is 5.91 Å². The Labute approximate surface area is 133 Å². The molecule has 2 heterocycles. The number of carbonyl (C=O) groups excluding carboxylic acids is 3. The van der Waals surface area contributed by atoms with E-state index in [1.165, 1.54) is 6.20 Å². The van der Waals surface area contributed by atoms with Crippen molar-refractivity contribution in [2.75, 3.05) is 6.54 Å². The first-order valence-electron chi connectivity index (χ1n) is 7.15. The highest BCUT2D eigenvalue weighted by atomic mass is 16.6. The fourth-order valence-electron chi connectivity index (χ4n) is 2.34. The fourth-order valence-corrected chi connectivity index (χ4v) is 2.34. The quantitative estimate of drug-likeness (QED) is 0.692. The van der Waals surface area contributed by atoms with E-state index in [-0.39, 0.29) is 6.54 Å². The molecule has 9 nitrogen and oxygen atoms in total. The van der Waals surface area contributed by atoms with E-state index in [1.54, 1.807) is 39.4 Å². The number of aromatic nitrogens is 2. The number of rotatable bonds is 3. The lowest BCUT2D eigenvalue weighted by Crippen LogP contribution is -2.53. The van der Waals surface area contributed by atoms with E-state index in [9.17, 15) is 14.4 Å². The Morgan fingerprint density at radius 2 is 2.09 bits per heavy atom. The third-order valence-corrected chi connectivity index (χ3v) is 3.53. The number of nitrogens with zero attached hydrogens (tertiary/aromatic N) is 2. The molecular formula is C14H21N5O4. The Hall–Kier alpha value is -2.58. The van der Waals surface area contributed by atoms with Gasteiger partial charge in [0.1, 0.15) is 5.60 Å². The number of nitrogens with one attached hydrogen (secondary N) is 3. The molecule has 23 heavy (non-hydrogen) atoms. The van der Waals surface area contributed by atoms with Gasteiger partial charge < -0.3 is 15.4 Å². The van der Waals surface area contributed by atoms with Crippen molar-refractivity contribution in [2.45, 2.75) is 38.8 Å². The van der Waals surface area contributed by atoms with E-state index in [1.807, 2.05) is 0 Å². The minimum absolute atomic E-state index is 0.147. The van der Waals surface area contributed by atoms with E-state index in [0.29, 0.717) is 11.3 Å². The van der Waals surface area contributed by atoms with Gasteiger partial charge in [-0.2, -0.15) is 5.10 Å². The summed E-state index contributed by atoms with van der Waals surface area (Å²) in [6, 6.07) is -0.621. The summed E-state index contributed by atoms with van der Waals surface area (Å²) in [7, 11) is 1.72. The van der Waals surface area contributed by atoms with Gasteiger partial charge in [0.05, 0.1) is 12.7 Å². The molecule has 0 aromatic carbocycles. The Balaban J connectivity index is 2.27. The lowest BCUT2D eigenvalue weighted by Gasteiger charge is -2.27. The Bertz CT molecular complexity index is 661. The van der Waals surface area contributed by atoms with Crippen LogP contribution in [0.5, 0.6) is 0 Å². The average molecular weight is 323 g/mol. The number of ether oxygens (including phenoxy) is 1. The summed E-state index contributed by atoms with van der Waals surface area (Å²) in [5.41, 5.74) is -0.859. The third-order valence-electron chi connectivity index (χ3n) is 3.53.